The van der Waals surface area contributed by atoms with E-state index in [1.54, 1.807) is 6.92 Å². The van der Waals surface area contributed by atoms with Gasteiger partial charge in [0.1, 0.15) is 12.1 Å². The maximum Gasteiger partial charge on any atom is 0.405 e. The summed E-state index contributed by atoms with van der Waals surface area (Å²) in [5.41, 5.74) is 0.398. The second-order valence-corrected chi connectivity index (χ2v) is 4.62. The topological polar surface area (TPSA) is 53.4 Å². The normalized spacial score (nSPS) is 15.4. The lowest BCUT2D eigenvalue weighted by Crippen LogP contribution is -2.37. The Morgan fingerprint density at radius 3 is 2.63 bits per heavy atom. The molecule has 104 valence electrons. The summed E-state index contributed by atoms with van der Waals surface area (Å²) in [6, 6.07) is 1.16. The Hall–Kier alpha value is -1.79. The number of carboxylic acids is 1. The molecule has 1 N–H and O–H groups in total. The molecule has 2 rings (SSSR count). The quantitative estimate of drug-likeness (QED) is 0.917. The minimum absolute atomic E-state index is 0.0971. The molecule has 1 aliphatic carbocycles. The largest absolute Gasteiger partial charge is 0.478 e. The number of carboxylic acid groups (broad SMARTS) is 1. The summed E-state index contributed by atoms with van der Waals surface area (Å²) < 4.78 is 37.8. The third-order valence-electron chi connectivity index (χ3n) is 2.90. The van der Waals surface area contributed by atoms with Gasteiger partial charge in [0.2, 0.25) is 0 Å². The molecule has 7 heteroatoms. The van der Waals surface area contributed by atoms with Crippen LogP contribution >= 0.6 is 0 Å². The molecule has 0 saturated heterocycles. The zero-order valence-corrected chi connectivity index (χ0v) is 10.2. The molecule has 0 amide bonds. The molecule has 1 fully saturated rings. The Kier molecular flexibility index (Phi) is 3.38. The maximum absolute atomic E-state index is 12.6. The second-order valence-electron chi connectivity index (χ2n) is 4.62. The van der Waals surface area contributed by atoms with E-state index in [0.717, 1.165) is 11.1 Å². The number of carbonyl (C=O) groups is 1. The van der Waals surface area contributed by atoms with Gasteiger partial charge in [0.15, 0.2) is 0 Å². The van der Waals surface area contributed by atoms with E-state index in [-0.39, 0.29) is 17.3 Å². The van der Waals surface area contributed by atoms with E-state index in [0.29, 0.717) is 18.5 Å². The number of aromatic carboxylic acids is 1. The van der Waals surface area contributed by atoms with Crippen molar-refractivity contribution in [3.63, 3.8) is 0 Å². The predicted octanol–water partition coefficient (Wildman–Crippen LogP) is 2.62. The van der Waals surface area contributed by atoms with Gasteiger partial charge >= 0.3 is 12.1 Å². The van der Waals surface area contributed by atoms with E-state index in [2.05, 4.69) is 4.98 Å². The zero-order chi connectivity index (χ0) is 14.2. The Labute approximate surface area is 107 Å². The molecular weight excluding hydrogens is 261 g/mol. The first-order valence-electron chi connectivity index (χ1n) is 5.81. The van der Waals surface area contributed by atoms with Gasteiger partial charge < -0.3 is 10.0 Å². The molecule has 1 aliphatic rings. The number of hydrogen-bond donors (Lipinski definition) is 1. The summed E-state index contributed by atoms with van der Waals surface area (Å²) in [5.74, 6) is -1.27. The first-order chi connectivity index (χ1) is 8.78. The highest BCUT2D eigenvalue weighted by molar-refractivity contribution is 5.94. The third-order valence-corrected chi connectivity index (χ3v) is 2.90. The van der Waals surface area contributed by atoms with Crippen LogP contribution in [0.2, 0.25) is 0 Å². The molecule has 1 saturated carbocycles. The standard InChI is InChI=1S/C12H13F3N2O2/c1-7-4-10(9(5-16-7)11(18)19)17(8-2-3-8)6-12(13,14)15/h4-5,8H,2-3,6H2,1H3,(H,18,19). The van der Waals surface area contributed by atoms with Crippen molar-refractivity contribution in [2.75, 3.05) is 11.4 Å². The van der Waals surface area contributed by atoms with Gasteiger partial charge in [0, 0.05) is 17.9 Å². The minimum Gasteiger partial charge on any atom is -0.478 e. The van der Waals surface area contributed by atoms with Crippen molar-refractivity contribution in [3.8, 4) is 0 Å². The van der Waals surface area contributed by atoms with E-state index < -0.39 is 18.7 Å². The summed E-state index contributed by atoms with van der Waals surface area (Å²) in [7, 11) is 0. The number of rotatable bonds is 4. The Morgan fingerprint density at radius 2 is 2.16 bits per heavy atom. The molecule has 1 aromatic rings. The van der Waals surface area contributed by atoms with Crippen molar-refractivity contribution < 1.29 is 23.1 Å². The smallest absolute Gasteiger partial charge is 0.405 e. The number of anilines is 1. The predicted molar refractivity (Wildman–Crippen MR) is 62.4 cm³/mol. The summed E-state index contributed by atoms with van der Waals surface area (Å²) >= 11 is 0. The first-order valence-corrected chi connectivity index (χ1v) is 5.81. The SMILES string of the molecule is Cc1cc(N(CC(F)(F)F)C2CC2)c(C(=O)O)cn1. The molecule has 1 heterocycles. The van der Waals surface area contributed by atoms with Crippen molar-refractivity contribution in [1.29, 1.82) is 0 Å². The third kappa shape index (κ3) is 3.36. The van der Waals surface area contributed by atoms with Crippen LogP contribution in [-0.4, -0.2) is 34.8 Å². The Bertz CT molecular complexity index is 498. The second kappa shape index (κ2) is 4.71. The van der Waals surface area contributed by atoms with Gasteiger partial charge in [-0.05, 0) is 25.8 Å². The van der Waals surface area contributed by atoms with Gasteiger partial charge in [-0.25, -0.2) is 4.79 Å². The van der Waals surface area contributed by atoms with Crippen molar-refractivity contribution in [3.05, 3.63) is 23.5 Å². The number of hydrogen-bond acceptors (Lipinski definition) is 3. The maximum atomic E-state index is 12.6. The minimum atomic E-state index is -4.37. The lowest BCUT2D eigenvalue weighted by atomic mass is 10.2. The van der Waals surface area contributed by atoms with Crippen LogP contribution in [0.25, 0.3) is 0 Å². The van der Waals surface area contributed by atoms with E-state index in [9.17, 15) is 18.0 Å². The zero-order valence-electron chi connectivity index (χ0n) is 10.2. The van der Waals surface area contributed by atoms with Crippen molar-refractivity contribution in [2.45, 2.75) is 32.0 Å². The molecule has 0 radical (unpaired) electrons. The lowest BCUT2D eigenvalue weighted by Gasteiger charge is -2.27. The van der Waals surface area contributed by atoms with E-state index in [1.807, 2.05) is 0 Å². The molecule has 0 unspecified atom stereocenters. The molecule has 0 spiro atoms. The lowest BCUT2D eigenvalue weighted by molar-refractivity contribution is -0.120. The number of pyridine rings is 1. The molecule has 19 heavy (non-hydrogen) atoms. The van der Waals surface area contributed by atoms with Crippen LogP contribution in [-0.2, 0) is 0 Å². The van der Waals surface area contributed by atoms with Crippen molar-refractivity contribution >= 4 is 11.7 Å². The van der Waals surface area contributed by atoms with Crippen LogP contribution in [0.15, 0.2) is 12.3 Å². The molecule has 0 aromatic carbocycles. The van der Waals surface area contributed by atoms with E-state index in [1.165, 1.54) is 6.07 Å². The fraction of sp³-hybridized carbons (Fsp3) is 0.500. The van der Waals surface area contributed by atoms with Crippen LogP contribution in [0, 0.1) is 6.92 Å². The van der Waals surface area contributed by atoms with Crippen LogP contribution in [0.5, 0.6) is 0 Å². The first kappa shape index (κ1) is 13.6. The van der Waals surface area contributed by atoms with Crippen LogP contribution < -0.4 is 4.90 Å². The summed E-state index contributed by atoms with van der Waals surface area (Å²) in [4.78, 5) is 16.1. The van der Waals surface area contributed by atoms with Crippen LogP contribution in [0.3, 0.4) is 0 Å². The van der Waals surface area contributed by atoms with E-state index in [4.69, 9.17) is 5.11 Å². The molecule has 0 aliphatic heterocycles. The molecule has 4 nitrogen and oxygen atoms in total. The Morgan fingerprint density at radius 1 is 1.53 bits per heavy atom. The Balaban J connectivity index is 2.40. The van der Waals surface area contributed by atoms with Gasteiger partial charge in [-0.15, -0.1) is 0 Å². The molecule has 0 atom stereocenters. The van der Waals surface area contributed by atoms with Crippen molar-refractivity contribution in [2.24, 2.45) is 0 Å². The number of aromatic nitrogens is 1. The van der Waals surface area contributed by atoms with Gasteiger partial charge in [-0.2, -0.15) is 13.2 Å². The molecular formula is C12H13F3N2O2. The van der Waals surface area contributed by atoms with Gasteiger partial charge in [0.25, 0.3) is 0 Å². The summed E-state index contributed by atoms with van der Waals surface area (Å²) in [6.07, 6.45) is -1.96. The number of nitrogens with zero attached hydrogens (tertiary/aromatic N) is 2. The van der Waals surface area contributed by atoms with Crippen LogP contribution in [0.4, 0.5) is 18.9 Å². The number of halogens is 3. The summed E-state index contributed by atoms with van der Waals surface area (Å²) in [5, 5.41) is 9.06. The molecule has 1 aromatic heterocycles. The van der Waals surface area contributed by atoms with Crippen molar-refractivity contribution in [1.82, 2.24) is 4.98 Å². The highest BCUT2D eigenvalue weighted by Crippen LogP contribution is 2.36. The fourth-order valence-electron chi connectivity index (χ4n) is 1.94. The highest BCUT2D eigenvalue weighted by atomic mass is 19.4. The summed E-state index contributed by atoms with van der Waals surface area (Å²) in [6.45, 7) is 0.481. The van der Waals surface area contributed by atoms with Gasteiger partial charge in [-0.1, -0.05) is 0 Å². The average Bonchev–Trinajstić information content (AvgIpc) is 3.07. The fourth-order valence-corrected chi connectivity index (χ4v) is 1.94. The number of aryl methyl sites for hydroxylation is 1. The monoisotopic (exact) mass is 274 g/mol. The number of alkyl halides is 3. The average molecular weight is 274 g/mol. The van der Waals surface area contributed by atoms with E-state index >= 15 is 0 Å². The van der Waals surface area contributed by atoms with Gasteiger partial charge in [0.05, 0.1) is 5.69 Å². The van der Waals surface area contributed by atoms with Crippen LogP contribution in [0.1, 0.15) is 28.9 Å². The molecule has 0 bridgehead atoms. The van der Waals surface area contributed by atoms with Gasteiger partial charge in [-0.3, -0.25) is 4.98 Å². The highest BCUT2D eigenvalue weighted by Gasteiger charge is 2.39.